The first kappa shape index (κ1) is 10.7. The smallest absolute Gasteiger partial charge is 0.220 e. The van der Waals surface area contributed by atoms with Gasteiger partial charge >= 0.3 is 0 Å². The van der Waals surface area contributed by atoms with Crippen LogP contribution >= 0.6 is 22.6 Å². The monoisotopic (exact) mass is 308 g/mol. The summed E-state index contributed by atoms with van der Waals surface area (Å²) in [6.07, 6.45) is 3.12. The van der Waals surface area contributed by atoms with E-state index in [1.165, 1.54) is 12.8 Å². The summed E-state index contributed by atoms with van der Waals surface area (Å²) in [7, 11) is 0. The second-order valence-corrected chi connectivity index (χ2v) is 6.37. The molecule has 1 amide bonds. The predicted octanol–water partition coefficient (Wildman–Crippen LogP) is 1.37. The summed E-state index contributed by atoms with van der Waals surface area (Å²) < 4.78 is 0.620. The van der Waals surface area contributed by atoms with E-state index in [0.717, 1.165) is 26.1 Å². The fourth-order valence-electron chi connectivity index (χ4n) is 2.46. The van der Waals surface area contributed by atoms with Gasteiger partial charge in [-0.25, -0.2) is 0 Å². The molecule has 1 spiro atoms. The second kappa shape index (κ2) is 3.96. The summed E-state index contributed by atoms with van der Waals surface area (Å²) in [4.78, 5) is 13.7. The van der Waals surface area contributed by atoms with Crippen molar-refractivity contribution in [3.8, 4) is 0 Å². The molecule has 3 nitrogen and oxygen atoms in total. The molecule has 0 aromatic heterocycles. The average Bonchev–Trinajstić information content (AvgIpc) is 2.48. The molecule has 0 saturated carbocycles. The van der Waals surface area contributed by atoms with Crippen LogP contribution in [0.5, 0.6) is 0 Å². The Labute approximate surface area is 98.7 Å². The Bertz CT molecular complexity index is 234. The number of amides is 1. The lowest BCUT2D eigenvalue weighted by atomic mass is 9.78. The zero-order valence-corrected chi connectivity index (χ0v) is 10.7. The molecule has 0 radical (unpaired) electrons. The number of carbonyl (C=O) groups is 1. The van der Waals surface area contributed by atoms with Crippen LogP contribution in [0.2, 0.25) is 0 Å². The molecule has 0 aromatic carbocycles. The Kier molecular flexibility index (Phi) is 3.02. The molecule has 2 fully saturated rings. The average molecular weight is 308 g/mol. The molecule has 1 atom stereocenters. The predicted molar refractivity (Wildman–Crippen MR) is 64.3 cm³/mol. The highest BCUT2D eigenvalue weighted by atomic mass is 127. The van der Waals surface area contributed by atoms with Gasteiger partial charge in [-0.1, -0.05) is 22.6 Å². The van der Waals surface area contributed by atoms with Gasteiger partial charge in [0.25, 0.3) is 0 Å². The molecule has 2 rings (SSSR count). The van der Waals surface area contributed by atoms with E-state index < -0.39 is 0 Å². The number of likely N-dealkylation sites (tertiary alicyclic amines) is 1. The van der Waals surface area contributed by atoms with Crippen molar-refractivity contribution in [2.24, 2.45) is 5.41 Å². The third-order valence-electron chi connectivity index (χ3n) is 3.56. The normalized spacial score (nSPS) is 29.1. The van der Waals surface area contributed by atoms with Crippen molar-refractivity contribution in [1.82, 2.24) is 10.2 Å². The molecule has 0 bridgehead atoms. The number of rotatable bonds is 1. The zero-order valence-electron chi connectivity index (χ0n) is 8.55. The Balaban J connectivity index is 1.92. The van der Waals surface area contributed by atoms with E-state index >= 15 is 0 Å². The van der Waals surface area contributed by atoms with Crippen LogP contribution in [0.1, 0.15) is 26.2 Å². The van der Waals surface area contributed by atoms with Crippen molar-refractivity contribution >= 4 is 28.5 Å². The molecule has 2 saturated heterocycles. The fourth-order valence-corrected chi connectivity index (χ4v) is 3.02. The van der Waals surface area contributed by atoms with Gasteiger partial charge in [-0.3, -0.25) is 9.69 Å². The van der Waals surface area contributed by atoms with Crippen LogP contribution in [-0.4, -0.2) is 34.5 Å². The van der Waals surface area contributed by atoms with Crippen LogP contribution in [0, 0.1) is 5.41 Å². The highest BCUT2D eigenvalue weighted by Crippen LogP contribution is 2.38. The van der Waals surface area contributed by atoms with E-state index in [1.807, 2.05) is 0 Å². The number of carbonyl (C=O) groups excluding carboxylic acids is 1. The quantitative estimate of drug-likeness (QED) is 0.451. The van der Waals surface area contributed by atoms with Crippen LogP contribution in [0.3, 0.4) is 0 Å². The molecule has 2 aliphatic heterocycles. The number of alkyl halides is 1. The molecule has 0 aliphatic carbocycles. The third-order valence-corrected chi connectivity index (χ3v) is 4.35. The lowest BCUT2D eigenvalue weighted by molar-refractivity contribution is -0.119. The van der Waals surface area contributed by atoms with E-state index in [2.05, 4.69) is 39.7 Å². The summed E-state index contributed by atoms with van der Waals surface area (Å²) >= 11 is 2.46. The number of hydrogen-bond acceptors (Lipinski definition) is 2. The Morgan fingerprint density at radius 3 is 2.57 bits per heavy atom. The maximum absolute atomic E-state index is 11.2. The summed E-state index contributed by atoms with van der Waals surface area (Å²) in [6.45, 7) is 5.45. The summed E-state index contributed by atoms with van der Waals surface area (Å²) in [5.74, 6) is 0.251. The number of nitrogens with zero attached hydrogens (tertiary/aromatic N) is 1. The van der Waals surface area contributed by atoms with E-state index in [9.17, 15) is 4.79 Å². The topological polar surface area (TPSA) is 32.3 Å². The van der Waals surface area contributed by atoms with Gasteiger partial charge in [-0.15, -0.1) is 0 Å². The Morgan fingerprint density at radius 1 is 1.50 bits per heavy atom. The minimum Gasteiger partial charge on any atom is -0.356 e. The minimum atomic E-state index is 0.251. The van der Waals surface area contributed by atoms with Crippen LogP contribution in [0.4, 0.5) is 0 Å². The van der Waals surface area contributed by atoms with Crippen LogP contribution < -0.4 is 5.32 Å². The summed E-state index contributed by atoms with van der Waals surface area (Å²) in [5.41, 5.74) is 0.305. The van der Waals surface area contributed by atoms with Crippen molar-refractivity contribution in [2.75, 3.05) is 19.6 Å². The van der Waals surface area contributed by atoms with Crippen molar-refractivity contribution in [2.45, 2.75) is 30.2 Å². The number of piperidine rings is 1. The first-order valence-corrected chi connectivity index (χ1v) is 6.51. The lowest BCUT2D eigenvalue weighted by Gasteiger charge is -2.39. The van der Waals surface area contributed by atoms with Crippen molar-refractivity contribution in [3.63, 3.8) is 0 Å². The van der Waals surface area contributed by atoms with E-state index in [-0.39, 0.29) is 5.91 Å². The second-order valence-electron chi connectivity index (χ2n) is 4.56. The highest BCUT2D eigenvalue weighted by molar-refractivity contribution is 14.1. The standard InChI is InChI=1S/C10H17IN2O/c1-8(11)13-4-2-10(3-5-13)6-9(14)12-7-10/h8H,2-7H2,1H3,(H,12,14). The molecular weight excluding hydrogens is 291 g/mol. The molecule has 0 aromatic rings. The Hall–Kier alpha value is 0.160. The molecule has 2 heterocycles. The van der Waals surface area contributed by atoms with E-state index in [0.29, 0.717) is 9.46 Å². The van der Waals surface area contributed by atoms with Crippen LogP contribution in [0.15, 0.2) is 0 Å². The van der Waals surface area contributed by atoms with Crippen molar-refractivity contribution in [1.29, 1.82) is 0 Å². The highest BCUT2D eigenvalue weighted by Gasteiger charge is 2.41. The number of halogens is 1. The van der Waals surface area contributed by atoms with Crippen LogP contribution in [-0.2, 0) is 4.79 Å². The van der Waals surface area contributed by atoms with Gasteiger partial charge in [0.15, 0.2) is 0 Å². The zero-order chi connectivity index (χ0) is 10.2. The van der Waals surface area contributed by atoms with Gasteiger partial charge in [-0.05, 0) is 38.3 Å². The Morgan fingerprint density at radius 2 is 2.14 bits per heavy atom. The molecule has 1 N–H and O–H groups in total. The first-order chi connectivity index (χ1) is 6.61. The third kappa shape index (κ3) is 2.05. The number of nitrogens with one attached hydrogen (secondary N) is 1. The molecule has 4 heteroatoms. The molecule has 1 unspecified atom stereocenters. The molecule has 14 heavy (non-hydrogen) atoms. The van der Waals surface area contributed by atoms with Gasteiger partial charge in [0.05, 0.1) is 4.05 Å². The van der Waals surface area contributed by atoms with Crippen molar-refractivity contribution in [3.05, 3.63) is 0 Å². The summed E-state index contributed by atoms with van der Waals surface area (Å²) in [5, 5.41) is 2.96. The van der Waals surface area contributed by atoms with Gasteiger partial charge in [-0.2, -0.15) is 0 Å². The number of hydrogen-bond donors (Lipinski definition) is 1. The van der Waals surface area contributed by atoms with Crippen molar-refractivity contribution < 1.29 is 4.79 Å². The lowest BCUT2D eigenvalue weighted by Crippen LogP contribution is -2.43. The van der Waals surface area contributed by atoms with Gasteiger partial charge in [0, 0.05) is 13.0 Å². The first-order valence-electron chi connectivity index (χ1n) is 5.26. The molecule has 2 aliphatic rings. The summed E-state index contributed by atoms with van der Waals surface area (Å²) in [6, 6.07) is 0. The largest absolute Gasteiger partial charge is 0.356 e. The molecule has 80 valence electrons. The maximum Gasteiger partial charge on any atom is 0.220 e. The fraction of sp³-hybridized carbons (Fsp3) is 0.900. The van der Waals surface area contributed by atoms with E-state index in [4.69, 9.17) is 0 Å². The minimum absolute atomic E-state index is 0.251. The van der Waals surface area contributed by atoms with Gasteiger partial charge in [0.2, 0.25) is 5.91 Å². The SMILES string of the molecule is CC(I)N1CCC2(CC1)CNC(=O)C2. The van der Waals surface area contributed by atoms with E-state index in [1.54, 1.807) is 0 Å². The van der Waals surface area contributed by atoms with Gasteiger partial charge in [0.1, 0.15) is 0 Å². The van der Waals surface area contributed by atoms with Gasteiger partial charge < -0.3 is 5.32 Å². The maximum atomic E-state index is 11.2. The molecular formula is C10H17IN2O. The van der Waals surface area contributed by atoms with Crippen LogP contribution in [0.25, 0.3) is 0 Å².